The molecular formula is C17H21N3O5. The summed E-state index contributed by atoms with van der Waals surface area (Å²) >= 11 is 0. The number of benzene rings is 1. The first-order chi connectivity index (χ1) is 11.9. The monoisotopic (exact) mass is 347 g/mol. The van der Waals surface area contributed by atoms with E-state index < -0.39 is 11.8 Å². The molecule has 1 aromatic carbocycles. The molecule has 0 unspecified atom stereocenters. The van der Waals surface area contributed by atoms with E-state index in [0.717, 1.165) is 4.90 Å². The van der Waals surface area contributed by atoms with Gasteiger partial charge < -0.3 is 20.5 Å². The van der Waals surface area contributed by atoms with Crippen molar-refractivity contribution >= 4 is 29.1 Å². The highest BCUT2D eigenvalue weighted by Gasteiger charge is 2.30. The summed E-state index contributed by atoms with van der Waals surface area (Å²) in [5, 5.41) is 14.5. The number of carbonyl (C=O) groups excluding carboxylic acids is 3. The number of amides is 3. The third-order valence-corrected chi connectivity index (χ3v) is 3.60. The van der Waals surface area contributed by atoms with Gasteiger partial charge in [-0.3, -0.25) is 19.3 Å². The van der Waals surface area contributed by atoms with Gasteiger partial charge in [0.25, 0.3) is 11.8 Å². The fourth-order valence-electron chi connectivity index (χ4n) is 2.21. The average molecular weight is 347 g/mol. The lowest BCUT2D eigenvalue weighted by Crippen LogP contribution is -2.34. The summed E-state index contributed by atoms with van der Waals surface area (Å²) in [7, 11) is 1.47. The van der Waals surface area contributed by atoms with Crippen LogP contribution in [0.25, 0.3) is 0 Å². The van der Waals surface area contributed by atoms with Crippen molar-refractivity contribution in [2.45, 2.75) is 13.8 Å². The number of β-amino-alcohol motifs (C(OH)–C–C–N with tert-alkyl or cyclic N) is 1. The number of anilines is 2. The van der Waals surface area contributed by atoms with Crippen LogP contribution in [0.15, 0.2) is 30.0 Å². The van der Waals surface area contributed by atoms with Gasteiger partial charge in [-0.05, 0) is 12.1 Å². The zero-order valence-electron chi connectivity index (χ0n) is 14.3. The molecule has 1 aliphatic heterocycles. The van der Waals surface area contributed by atoms with Crippen LogP contribution < -0.4 is 15.4 Å². The second kappa shape index (κ2) is 7.80. The number of nitrogens with zero attached hydrogens (tertiary/aromatic N) is 1. The number of hydrogen-bond donors (Lipinski definition) is 3. The Kier molecular flexibility index (Phi) is 5.76. The van der Waals surface area contributed by atoms with Crippen LogP contribution in [0, 0.1) is 5.92 Å². The largest absolute Gasteiger partial charge is 0.494 e. The lowest BCUT2D eigenvalue weighted by molar-refractivity contribution is -0.137. The van der Waals surface area contributed by atoms with E-state index in [9.17, 15) is 14.4 Å². The smallest absolute Gasteiger partial charge is 0.277 e. The van der Waals surface area contributed by atoms with Crippen molar-refractivity contribution in [2.75, 3.05) is 30.9 Å². The summed E-state index contributed by atoms with van der Waals surface area (Å²) in [5.41, 5.74) is 1.15. The van der Waals surface area contributed by atoms with E-state index >= 15 is 0 Å². The number of hydrogen-bond acceptors (Lipinski definition) is 6. The number of aliphatic hydroxyl groups excluding tert-OH is 1. The average Bonchev–Trinajstić information content (AvgIpc) is 2.83. The Hall–Kier alpha value is -2.87. The molecule has 0 spiro atoms. The molecule has 0 atom stereocenters. The number of nitrogens with one attached hydrogen (secondary N) is 2. The number of imide groups is 1. The third-order valence-electron chi connectivity index (χ3n) is 3.60. The number of methoxy groups -OCH3 is 1. The van der Waals surface area contributed by atoms with Gasteiger partial charge in [0.15, 0.2) is 0 Å². The Balaban J connectivity index is 2.16. The first-order valence-corrected chi connectivity index (χ1v) is 7.81. The van der Waals surface area contributed by atoms with Crippen LogP contribution in [0.2, 0.25) is 0 Å². The van der Waals surface area contributed by atoms with Crippen molar-refractivity contribution in [3.05, 3.63) is 30.0 Å². The molecule has 25 heavy (non-hydrogen) atoms. The predicted molar refractivity (Wildman–Crippen MR) is 92.0 cm³/mol. The molecule has 3 N–H and O–H groups in total. The Morgan fingerprint density at radius 3 is 2.64 bits per heavy atom. The van der Waals surface area contributed by atoms with Gasteiger partial charge in [-0.25, -0.2) is 0 Å². The van der Waals surface area contributed by atoms with Gasteiger partial charge in [-0.2, -0.15) is 0 Å². The van der Waals surface area contributed by atoms with Crippen LogP contribution in [-0.2, 0) is 14.4 Å². The quantitative estimate of drug-likeness (QED) is 0.634. The maximum atomic E-state index is 12.1. The van der Waals surface area contributed by atoms with E-state index in [2.05, 4.69) is 10.6 Å². The first kappa shape index (κ1) is 18.5. The van der Waals surface area contributed by atoms with Crippen molar-refractivity contribution in [3.63, 3.8) is 0 Å². The molecule has 0 aliphatic carbocycles. The first-order valence-electron chi connectivity index (χ1n) is 7.81. The minimum Gasteiger partial charge on any atom is -0.494 e. The number of ether oxygens (including phenoxy) is 1. The van der Waals surface area contributed by atoms with Crippen LogP contribution in [0.4, 0.5) is 11.4 Å². The number of aliphatic hydroxyl groups is 1. The van der Waals surface area contributed by atoms with Gasteiger partial charge in [0.05, 0.1) is 25.9 Å². The third kappa shape index (κ3) is 4.16. The lowest BCUT2D eigenvalue weighted by atomic mass is 10.2. The summed E-state index contributed by atoms with van der Waals surface area (Å²) in [6, 6.07) is 4.92. The summed E-state index contributed by atoms with van der Waals surface area (Å²) in [6.07, 6.45) is 1.18. The van der Waals surface area contributed by atoms with Crippen LogP contribution in [0.3, 0.4) is 0 Å². The SMILES string of the molecule is COc1cc(NC2=CC(=O)N(CCO)C2=O)ccc1NC(=O)C(C)C. The molecule has 8 heteroatoms. The van der Waals surface area contributed by atoms with Crippen molar-refractivity contribution in [1.29, 1.82) is 0 Å². The summed E-state index contributed by atoms with van der Waals surface area (Å²) < 4.78 is 5.27. The number of carbonyl (C=O) groups is 3. The summed E-state index contributed by atoms with van der Waals surface area (Å²) in [5.74, 6) is -0.877. The fraction of sp³-hybridized carbons (Fsp3) is 0.353. The molecular weight excluding hydrogens is 326 g/mol. The highest BCUT2D eigenvalue weighted by atomic mass is 16.5. The van der Waals surface area contributed by atoms with E-state index in [1.54, 1.807) is 32.0 Å². The van der Waals surface area contributed by atoms with Gasteiger partial charge in [0.1, 0.15) is 11.4 Å². The molecule has 3 amide bonds. The molecule has 1 aromatic rings. The molecule has 1 aliphatic rings. The Bertz CT molecular complexity index is 727. The lowest BCUT2D eigenvalue weighted by Gasteiger charge is -2.15. The molecule has 8 nitrogen and oxygen atoms in total. The predicted octanol–water partition coefficient (Wildman–Crippen LogP) is 0.947. The molecule has 0 saturated carbocycles. The van der Waals surface area contributed by atoms with E-state index in [4.69, 9.17) is 9.84 Å². The van der Waals surface area contributed by atoms with Gasteiger partial charge in [0, 0.05) is 23.7 Å². The summed E-state index contributed by atoms with van der Waals surface area (Å²) in [4.78, 5) is 36.6. The maximum Gasteiger partial charge on any atom is 0.277 e. The molecule has 1 heterocycles. The van der Waals surface area contributed by atoms with Gasteiger partial charge in [0.2, 0.25) is 5.91 Å². The van der Waals surface area contributed by atoms with Crippen LogP contribution in [0.1, 0.15) is 13.8 Å². The molecule has 134 valence electrons. The van der Waals surface area contributed by atoms with E-state index in [1.165, 1.54) is 13.2 Å². The highest BCUT2D eigenvalue weighted by Crippen LogP contribution is 2.29. The molecule has 0 radical (unpaired) electrons. The molecule has 0 bridgehead atoms. The summed E-state index contributed by atoms with van der Waals surface area (Å²) in [6.45, 7) is 3.22. The maximum absolute atomic E-state index is 12.1. The van der Waals surface area contributed by atoms with Crippen LogP contribution >= 0.6 is 0 Å². The fourth-order valence-corrected chi connectivity index (χ4v) is 2.21. The minimum absolute atomic E-state index is 0.0527. The standard InChI is InChI=1S/C17H21N3O5/c1-10(2)16(23)19-12-5-4-11(8-14(12)25-3)18-13-9-15(22)20(6-7-21)17(13)24/h4-5,8-10,18,21H,6-7H2,1-3H3,(H,19,23). The minimum atomic E-state index is -0.504. The van der Waals surface area contributed by atoms with E-state index in [0.29, 0.717) is 17.1 Å². The molecule has 2 rings (SSSR count). The molecule has 0 fully saturated rings. The van der Waals surface area contributed by atoms with Crippen molar-refractivity contribution < 1.29 is 24.2 Å². The molecule has 0 saturated heterocycles. The zero-order valence-corrected chi connectivity index (χ0v) is 14.3. The normalized spacial score (nSPS) is 14.0. The topological polar surface area (TPSA) is 108 Å². The van der Waals surface area contributed by atoms with Crippen LogP contribution in [0.5, 0.6) is 5.75 Å². The van der Waals surface area contributed by atoms with Crippen molar-refractivity contribution in [3.8, 4) is 5.75 Å². The van der Waals surface area contributed by atoms with Gasteiger partial charge in [-0.15, -0.1) is 0 Å². The van der Waals surface area contributed by atoms with E-state index in [-0.39, 0.29) is 30.7 Å². The van der Waals surface area contributed by atoms with E-state index in [1.807, 2.05) is 0 Å². The Morgan fingerprint density at radius 2 is 2.04 bits per heavy atom. The Labute approximate surface area is 145 Å². The van der Waals surface area contributed by atoms with Crippen LogP contribution in [-0.4, -0.2) is 48.0 Å². The second-order valence-electron chi connectivity index (χ2n) is 5.76. The van der Waals surface area contributed by atoms with Gasteiger partial charge in [-0.1, -0.05) is 13.8 Å². The van der Waals surface area contributed by atoms with Crippen molar-refractivity contribution in [2.24, 2.45) is 5.92 Å². The number of rotatable bonds is 7. The second-order valence-corrected chi connectivity index (χ2v) is 5.76. The van der Waals surface area contributed by atoms with Gasteiger partial charge >= 0.3 is 0 Å². The van der Waals surface area contributed by atoms with Crippen molar-refractivity contribution in [1.82, 2.24) is 4.90 Å². The Morgan fingerprint density at radius 1 is 1.32 bits per heavy atom. The highest BCUT2D eigenvalue weighted by molar-refractivity contribution is 6.17. The zero-order chi connectivity index (χ0) is 18.6. The molecule has 0 aromatic heterocycles.